The number of unbranched alkanes of at least 4 members (excludes halogenated alkanes) is 35. The summed E-state index contributed by atoms with van der Waals surface area (Å²) in [5.41, 5.74) is 0. The zero-order chi connectivity index (χ0) is 68.2. The van der Waals surface area contributed by atoms with E-state index in [0.717, 1.165) is 114 Å². The Bertz CT molecular complexity index is 1820. The third kappa shape index (κ3) is 65.4. The Hall–Kier alpha value is -1.94. The molecule has 0 amide bonds. The van der Waals surface area contributed by atoms with Crippen LogP contribution in [0.1, 0.15) is 364 Å². The fourth-order valence-electron chi connectivity index (χ4n) is 11.0. The quantitative estimate of drug-likeness (QED) is 0.0222. The van der Waals surface area contributed by atoms with Crippen molar-refractivity contribution in [3.8, 4) is 0 Å². The number of hydrogen-bond donors (Lipinski definition) is 3. The van der Waals surface area contributed by atoms with Gasteiger partial charge in [-0.05, 0) is 49.4 Å². The molecule has 0 aromatic carbocycles. The first kappa shape index (κ1) is 90.1. The molecular formula is C73H142O17P2. The van der Waals surface area contributed by atoms with Gasteiger partial charge in [-0.1, -0.05) is 312 Å². The lowest BCUT2D eigenvalue weighted by Crippen LogP contribution is -2.30. The lowest BCUT2D eigenvalue weighted by molar-refractivity contribution is -0.161. The largest absolute Gasteiger partial charge is 0.472 e. The van der Waals surface area contributed by atoms with E-state index in [1.54, 1.807) is 0 Å². The summed E-state index contributed by atoms with van der Waals surface area (Å²) in [6.45, 7) is 14.1. The maximum atomic E-state index is 13.1. The Morgan fingerprint density at radius 2 is 0.522 bits per heavy atom. The Morgan fingerprint density at radius 1 is 0.304 bits per heavy atom. The second-order valence-electron chi connectivity index (χ2n) is 28.0. The molecule has 0 saturated carbocycles. The summed E-state index contributed by atoms with van der Waals surface area (Å²) in [6, 6.07) is 0. The number of carbonyl (C=O) groups is 4. The molecule has 19 heteroatoms. The van der Waals surface area contributed by atoms with E-state index < -0.39 is 97.5 Å². The summed E-state index contributed by atoms with van der Waals surface area (Å²) in [5, 5.41) is 10.6. The van der Waals surface area contributed by atoms with E-state index in [1.807, 2.05) is 0 Å². The molecule has 0 aliphatic rings. The molecule has 0 aromatic rings. The first-order chi connectivity index (χ1) is 44.1. The molecule has 0 bridgehead atoms. The Kier molecular flexibility index (Phi) is 61.3. The number of aliphatic hydroxyl groups is 1. The van der Waals surface area contributed by atoms with Crippen molar-refractivity contribution in [3.05, 3.63) is 0 Å². The summed E-state index contributed by atoms with van der Waals surface area (Å²) in [7, 11) is -9.91. The van der Waals surface area contributed by atoms with Crippen LogP contribution in [0.15, 0.2) is 0 Å². The number of ether oxygens (including phenoxy) is 4. The van der Waals surface area contributed by atoms with Crippen molar-refractivity contribution in [1.29, 1.82) is 0 Å². The van der Waals surface area contributed by atoms with Gasteiger partial charge in [-0.3, -0.25) is 37.3 Å². The molecule has 3 N–H and O–H groups in total. The number of phosphoric acid groups is 2. The fourth-order valence-corrected chi connectivity index (χ4v) is 12.6. The highest BCUT2D eigenvalue weighted by Crippen LogP contribution is 2.45. The second-order valence-corrected chi connectivity index (χ2v) is 30.9. The zero-order valence-corrected chi connectivity index (χ0v) is 62.0. The standard InChI is InChI=1S/C73H142O17P2/c1-9-66(8)52-44-36-27-23-24-30-40-48-56-73(78)90-69(60-84-71(76)54-46-38-32-31-35-43-51-65(6)7)62-88-92(81,82)86-58-67(74)57-85-91(79,80)87-61-68(59-83-70(75)53-45-37-28-21-18-17-20-26-34-42-50-64(4)5)89-72(77)55-47-39-29-22-16-14-12-10-11-13-15-19-25-33-41-49-63(2)3/h63-69,74H,9-62H2,1-8H3,(H,79,80)(H,81,82)/t66?,67-,68-,69-/m1/s1. The zero-order valence-electron chi connectivity index (χ0n) is 60.2. The summed E-state index contributed by atoms with van der Waals surface area (Å²) >= 11 is 0. The first-order valence-corrected chi connectivity index (χ1v) is 40.7. The number of rotatable bonds is 70. The summed E-state index contributed by atoms with van der Waals surface area (Å²) in [6.07, 6.45) is 45.9. The van der Waals surface area contributed by atoms with Crippen LogP contribution in [-0.4, -0.2) is 96.7 Å². The molecule has 0 aliphatic heterocycles. The van der Waals surface area contributed by atoms with Gasteiger partial charge >= 0.3 is 39.5 Å². The third-order valence-corrected chi connectivity index (χ3v) is 19.1. The highest BCUT2D eigenvalue weighted by Gasteiger charge is 2.30. The van der Waals surface area contributed by atoms with Gasteiger partial charge in [0.05, 0.1) is 26.4 Å². The van der Waals surface area contributed by atoms with Gasteiger partial charge < -0.3 is 33.8 Å². The van der Waals surface area contributed by atoms with Crippen molar-refractivity contribution in [3.63, 3.8) is 0 Å². The van der Waals surface area contributed by atoms with Crippen LogP contribution in [0.2, 0.25) is 0 Å². The van der Waals surface area contributed by atoms with Gasteiger partial charge in [-0.25, -0.2) is 9.13 Å². The van der Waals surface area contributed by atoms with E-state index in [4.69, 9.17) is 37.0 Å². The van der Waals surface area contributed by atoms with Crippen LogP contribution >= 0.6 is 15.6 Å². The molecule has 0 rings (SSSR count). The molecule has 0 aromatic heterocycles. The highest BCUT2D eigenvalue weighted by molar-refractivity contribution is 7.47. The van der Waals surface area contributed by atoms with Crippen molar-refractivity contribution >= 4 is 39.5 Å². The summed E-state index contributed by atoms with van der Waals surface area (Å²) in [4.78, 5) is 72.6. The average Bonchev–Trinajstić information content (AvgIpc) is 2.45. The van der Waals surface area contributed by atoms with Crippen LogP contribution in [0.5, 0.6) is 0 Å². The lowest BCUT2D eigenvalue weighted by Gasteiger charge is -2.21. The van der Waals surface area contributed by atoms with Gasteiger partial charge in [0.25, 0.3) is 0 Å². The van der Waals surface area contributed by atoms with Crippen molar-refractivity contribution < 1.29 is 80.2 Å². The molecular weight excluding hydrogens is 1210 g/mol. The number of hydrogen-bond acceptors (Lipinski definition) is 15. The summed E-state index contributed by atoms with van der Waals surface area (Å²) in [5.74, 6) is 0.882. The van der Waals surface area contributed by atoms with Gasteiger partial charge in [-0.15, -0.1) is 0 Å². The van der Waals surface area contributed by atoms with Gasteiger partial charge in [0, 0.05) is 25.7 Å². The maximum Gasteiger partial charge on any atom is 0.472 e. The monoisotopic (exact) mass is 1350 g/mol. The predicted octanol–water partition coefficient (Wildman–Crippen LogP) is 20.9. The smallest absolute Gasteiger partial charge is 0.462 e. The molecule has 546 valence electrons. The van der Waals surface area contributed by atoms with E-state index in [1.165, 1.54) is 161 Å². The van der Waals surface area contributed by atoms with Crippen molar-refractivity contribution in [2.45, 2.75) is 382 Å². The number of phosphoric ester groups is 2. The molecule has 0 fully saturated rings. The minimum atomic E-state index is -4.96. The van der Waals surface area contributed by atoms with Crippen LogP contribution in [0.3, 0.4) is 0 Å². The third-order valence-electron chi connectivity index (χ3n) is 17.2. The van der Waals surface area contributed by atoms with E-state index in [2.05, 4.69) is 55.4 Å². The molecule has 0 radical (unpaired) electrons. The van der Waals surface area contributed by atoms with Gasteiger partial charge in [0.15, 0.2) is 12.2 Å². The van der Waals surface area contributed by atoms with E-state index in [9.17, 15) is 43.2 Å². The van der Waals surface area contributed by atoms with Crippen LogP contribution in [0, 0.1) is 23.7 Å². The van der Waals surface area contributed by atoms with E-state index in [0.29, 0.717) is 31.6 Å². The second kappa shape index (κ2) is 62.6. The predicted molar refractivity (Wildman–Crippen MR) is 372 cm³/mol. The Labute approximate surface area is 562 Å². The van der Waals surface area contributed by atoms with Crippen LogP contribution < -0.4 is 0 Å². The van der Waals surface area contributed by atoms with Gasteiger partial charge in [0.1, 0.15) is 19.3 Å². The number of esters is 4. The molecule has 6 atom stereocenters. The van der Waals surface area contributed by atoms with Crippen LogP contribution in [0.4, 0.5) is 0 Å². The average molecular weight is 1350 g/mol. The maximum absolute atomic E-state index is 13.1. The van der Waals surface area contributed by atoms with Crippen molar-refractivity contribution in [2.24, 2.45) is 23.7 Å². The van der Waals surface area contributed by atoms with Gasteiger partial charge in [-0.2, -0.15) is 0 Å². The molecule has 0 heterocycles. The number of carbonyl (C=O) groups excluding carboxylic acids is 4. The van der Waals surface area contributed by atoms with Crippen molar-refractivity contribution in [2.75, 3.05) is 39.6 Å². The van der Waals surface area contributed by atoms with Gasteiger partial charge in [0.2, 0.25) is 0 Å². The molecule has 0 aliphatic carbocycles. The van der Waals surface area contributed by atoms with E-state index in [-0.39, 0.29) is 25.7 Å². The lowest BCUT2D eigenvalue weighted by atomic mass is 9.99. The minimum Gasteiger partial charge on any atom is -0.462 e. The Balaban J connectivity index is 5.24. The summed E-state index contributed by atoms with van der Waals surface area (Å²) < 4.78 is 68.4. The number of aliphatic hydroxyl groups excluding tert-OH is 1. The molecule has 3 unspecified atom stereocenters. The SMILES string of the molecule is CCC(C)CCCCCCCCCCC(=O)O[C@H](COC(=O)CCCCCCCCC(C)C)COP(=O)(O)OC[C@H](O)COP(=O)(O)OC[C@@H](COC(=O)CCCCCCCCCCCCC(C)C)OC(=O)CCCCCCCCCCCCCCCCCC(C)C. The highest BCUT2D eigenvalue weighted by atomic mass is 31.2. The molecule has 92 heavy (non-hydrogen) atoms. The fraction of sp³-hybridized carbons (Fsp3) is 0.945. The first-order valence-electron chi connectivity index (χ1n) is 37.7. The van der Waals surface area contributed by atoms with E-state index >= 15 is 0 Å². The normalized spacial score (nSPS) is 14.5. The molecule has 17 nitrogen and oxygen atoms in total. The minimum absolute atomic E-state index is 0.103. The topological polar surface area (TPSA) is 237 Å². The molecule has 0 saturated heterocycles. The van der Waals surface area contributed by atoms with Crippen LogP contribution in [0.25, 0.3) is 0 Å². The van der Waals surface area contributed by atoms with Crippen LogP contribution in [-0.2, 0) is 65.4 Å². The molecule has 0 spiro atoms. The van der Waals surface area contributed by atoms with Crippen molar-refractivity contribution in [1.82, 2.24) is 0 Å². The Morgan fingerprint density at radius 3 is 0.772 bits per heavy atom.